The molecule has 3 heterocycles. The molecule has 122 valence electrons. The van der Waals surface area contributed by atoms with Crippen molar-refractivity contribution < 1.29 is 14.3 Å². The van der Waals surface area contributed by atoms with Crippen molar-refractivity contribution in [1.29, 1.82) is 0 Å². The summed E-state index contributed by atoms with van der Waals surface area (Å²) in [4.78, 5) is 28.7. The first-order valence-corrected chi connectivity index (χ1v) is 8.21. The molecule has 6 heteroatoms. The number of hydrogen-bond acceptors (Lipinski definition) is 4. The predicted octanol–water partition coefficient (Wildman–Crippen LogP) is 1.22. The van der Waals surface area contributed by atoms with Crippen LogP contribution in [0.25, 0.3) is 0 Å². The monoisotopic (exact) mass is 315 g/mol. The van der Waals surface area contributed by atoms with Gasteiger partial charge in [0.05, 0.1) is 29.6 Å². The van der Waals surface area contributed by atoms with Crippen LogP contribution in [0.1, 0.15) is 19.8 Å². The summed E-state index contributed by atoms with van der Waals surface area (Å²) in [5.41, 5.74) is 1.48. The Bertz CT molecular complexity index is 636. The maximum Gasteiger partial charge on any atom is 0.244 e. The average Bonchev–Trinajstić information content (AvgIpc) is 2.90. The van der Waals surface area contributed by atoms with Crippen LogP contribution in [0.5, 0.6) is 0 Å². The molecule has 4 rings (SSSR count). The van der Waals surface area contributed by atoms with Crippen LogP contribution in [0.2, 0.25) is 0 Å². The van der Waals surface area contributed by atoms with Crippen LogP contribution in [0, 0.1) is 0 Å². The van der Waals surface area contributed by atoms with E-state index in [0.717, 1.165) is 31.6 Å². The molecule has 1 aromatic rings. The molecular formula is C17H21N3O3. The quantitative estimate of drug-likeness (QED) is 0.891. The first-order valence-electron chi connectivity index (χ1n) is 8.21. The fourth-order valence-electron chi connectivity index (χ4n) is 3.77. The fourth-order valence-corrected chi connectivity index (χ4v) is 3.77. The van der Waals surface area contributed by atoms with E-state index in [9.17, 15) is 9.59 Å². The highest BCUT2D eigenvalue weighted by atomic mass is 16.5. The summed E-state index contributed by atoms with van der Waals surface area (Å²) in [6.45, 7) is 3.61. The van der Waals surface area contributed by atoms with Gasteiger partial charge in [-0.05, 0) is 31.9 Å². The van der Waals surface area contributed by atoms with E-state index in [-0.39, 0.29) is 36.6 Å². The summed E-state index contributed by atoms with van der Waals surface area (Å²) < 4.78 is 5.85. The number of carbonyl (C=O) groups excluding carboxylic acids is 2. The third-order valence-electron chi connectivity index (χ3n) is 5.01. The lowest BCUT2D eigenvalue weighted by Crippen LogP contribution is -2.55. The van der Waals surface area contributed by atoms with Gasteiger partial charge in [-0.15, -0.1) is 0 Å². The van der Waals surface area contributed by atoms with Gasteiger partial charge in [-0.3, -0.25) is 19.4 Å². The van der Waals surface area contributed by atoms with Gasteiger partial charge in [0.25, 0.3) is 0 Å². The second-order valence-electron chi connectivity index (χ2n) is 6.58. The second kappa shape index (κ2) is 5.62. The van der Waals surface area contributed by atoms with E-state index in [1.54, 1.807) is 4.90 Å². The van der Waals surface area contributed by atoms with Crippen LogP contribution in [0.4, 0.5) is 11.4 Å². The van der Waals surface area contributed by atoms with Crippen LogP contribution in [0.3, 0.4) is 0 Å². The molecule has 3 aliphatic rings. The number of anilines is 2. The lowest BCUT2D eigenvalue weighted by atomic mass is 10.1. The van der Waals surface area contributed by atoms with E-state index >= 15 is 0 Å². The summed E-state index contributed by atoms with van der Waals surface area (Å²) in [5, 5.41) is 2.82. The van der Waals surface area contributed by atoms with Crippen molar-refractivity contribution in [3.05, 3.63) is 24.3 Å². The lowest BCUT2D eigenvalue weighted by Gasteiger charge is -2.38. The van der Waals surface area contributed by atoms with Crippen molar-refractivity contribution in [2.75, 3.05) is 29.9 Å². The van der Waals surface area contributed by atoms with E-state index in [0.29, 0.717) is 5.69 Å². The van der Waals surface area contributed by atoms with Gasteiger partial charge in [0.1, 0.15) is 6.54 Å². The number of para-hydroxylation sites is 2. The topological polar surface area (TPSA) is 61.9 Å². The van der Waals surface area contributed by atoms with Crippen molar-refractivity contribution in [3.63, 3.8) is 0 Å². The van der Waals surface area contributed by atoms with E-state index in [4.69, 9.17) is 4.74 Å². The number of ether oxygens (including phenoxy) is 1. The molecule has 1 aromatic carbocycles. The SMILES string of the molecule is CC(C(=O)N1CC(=O)Nc2ccccc21)N1CC2CCC(C1)O2. The maximum absolute atomic E-state index is 13.0. The molecule has 1 N–H and O–H groups in total. The molecule has 0 aromatic heterocycles. The predicted molar refractivity (Wildman–Crippen MR) is 86.4 cm³/mol. The highest BCUT2D eigenvalue weighted by Crippen LogP contribution is 2.31. The minimum Gasteiger partial charge on any atom is -0.372 e. The Morgan fingerprint density at radius 3 is 2.70 bits per heavy atom. The van der Waals surface area contributed by atoms with Gasteiger partial charge >= 0.3 is 0 Å². The van der Waals surface area contributed by atoms with Gasteiger partial charge in [0, 0.05) is 13.1 Å². The minimum atomic E-state index is -0.249. The van der Waals surface area contributed by atoms with Gasteiger partial charge in [0.2, 0.25) is 11.8 Å². The largest absolute Gasteiger partial charge is 0.372 e. The molecule has 0 spiro atoms. The van der Waals surface area contributed by atoms with E-state index < -0.39 is 0 Å². The Hall–Kier alpha value is -1.92. The Kier molecular flexibility index (Phi) is 3.58. The Balaban J connectivity index is 1.55. The molecule has 6 nitrogen and oxygen atoms in total. The molecule has 23 heavy (non-hydrogen) atoms. The highest BCUT2D eigenvalue weighted by molar-refractivity contribution is 6.11. The standard InChI is InChI=1S/C17H21N3O3/c1-11(19-8-12-6-7-13(9-19)23-12)17(22)20-10-16(21)18-14-4-2-3-5-15(14)20/h2-5,11-13H,6-10H2,1H3,(H,18,21). The zero-order valence-corrected chi connectivity index (χ0v) is 13.2. The van der Waals surface area contributed by atoms with Crippen LogP contribution in [-0.2, 0) is 14.3 Å². The molecule has 2 bridgehead atoms. The van der Waals surface area contributed by atoms with Crippen LogP contribution >= 0.6 is 0 Å². The third-order valence-corrected chi connectivity index (χ3v) is 5.01. The van der Waals surface area contributed by atoms with E-state index in [1.807, 2.05) is 31.2 Å². The van der Waals surface area contributed by atoms with Gasteiger partial charge in [-0.2, -0.15) is 0 Å². The minimum absolute atomic E-state index is 0.0198. The molecule has 0 aliphatic carbocycles. The number of nitrogens with one attached hydrogen (secondary N) is 1. The van der Waals surface area contributed by atoms with Gasteiger partial charge in [0.15, 0.2) is 0 Å². The van der Waals surface area contributed by atoms with Crippen molar-refractivity contribution in [2.24, 2.45) is 0 Å². The average molecular weight is 315 g/mol. The van der Waals surface area contributed by atoms with Crippen LogP contribution < -0.4 is 10.2 Å². The lowest BCUT2D eigenvalue weighted by molar-refractivity contribution is -0.128. The first kappa shape index (κ1) is 14.7. The van der Waals surface area contributed by atoms with Gasteiger partial charge in [-0.25, -0.2) is 0 Å². The van der Waals surface area contributed by atoms with Crippen molar-refractivity contribution in [1.82, 2.24) is 4.90 Å². The number of fused-ring (bicyclic) bond motifs is 3. The molecule has 3 aliphatic heterocycles. The van der Waals surface area contributed by atoms with Crippen LogP contribution in [-0.4, -0.2) is 54.6 Å². The number of amides is 2. The molecule has 2 fully saturated rings. The highest BCUT2D eigenvalue weighted by Gasteiger charge is 2.39. The smallest absolute Gasteiger partial charge is 0.244 e. The number of morpholine rings is 1. The number of benzene rings is 1. The molecule has 3 atom stereocenters. The Morgan fingerprint density at radius 2 is 1.96 bits per heavy atom. The molecule has 0 radical (unpaired) electrons. The van der Waals surface area contributed by atoms with Gasteiger partial charge < -0.3 is 10.1 Å². The molecule has 2 amide bonds. The zero-order valence-electron chi connectivity index (χ0n) is 13.2. The van der Waals surface area contributed by atoms with E-state index in [1.165, 1.54) is 0 Å². The summed E-state index contributed by atoms with van der Waals surface area (Å²) in [6.07, 6.45) is 2.66. The normalized spacial score (nSPS) is 28.2. The fraction of sp³-hybridized carbons (Fsp3) is 0.529. The zero-order chi connectivity index (χ0) is 16.0. The summed E-state index contributed by atoms with van der Waals surface area (Å²) in [5.74, 6) is -0.167. The Labute approximate surface area is 135 Å². The summed E-state index contributed by atoms with van der Waals surface area (Å²) >= 11 is 0. The molecular weight excluding hydrogens is 294 g/mol. The number of nitrogens with zero attached hydrogens (tertiary/aromatic N) is 2. The number of likely N-dealkylation sites (tertiary alicyclic amines) is 1. The van der Waals surface area contributed by atoms with Crippen molar-refractivity contribution >= 4 is 23.2 Å². The van der Waals surface area contributed by atoms with E-state index in [2.05, 4.69) is 10.2 Å². The maximum atomic E-state index is 13.0. The molecule has 3 unspecified atom stereocenters. The number of hydrogen-bond donors (Lipinski definition) is 1. The Morgan fingerprint density at radius 1 is 1.26 bits per heavy atom. The molecule has 0 saturated carbocycles. The second-order valence-corrected chi connectivity index (χ2v) is 6.58. The van der Waals surface area contributed by atoms with Crippen LogP contribution in [0.15, 0.2) is 24.3 Å². The molecule has 2 saturated heterocycles. The summed E-state index contributed by atoms with van der Waals surface area (Å²) in [7, 11) is 0. The third kappa shape index (κ3) is 2.62. The van der Waals surface area contributed by atoms with Gasteiger partial charge in [-0.1, -0.05) is 12.1 Å². The van der Waals surface area contributed by atoms with Crippen molar-refractivity contribution in [3.8, 4) is 0 Å². The van der Waals surface area contributed by atoms with Crippen molar-refractivity contribution in [2.45, 2.75) is 38.0 Å². The first-order chi connectivity index (χ1) is 11.1. The number of rotatable bonds is 2. The number of carbonyl (C=O) groups is 2. The summed E-state index contributed by atoms with van der Waals surface area (Å²) in [6, 6.07) is 7.20.